The highest BCUT2D eigenvalue weighted by Crippen LogP contribution is 2.28. The third-order valence-corrected chi connectivity index (χ3v) is 2.85. The molecule has 0 aliphatic heterocycles. The number of ether oxygens (including phenoxy) is 2. The zero-order valence-electron chi connectivity index (χ0n) is 12.7. The minimum atomic E-state index is -0.393. The Morgan fingerprint density at radius 2 is 1.90 bits per heavy atom. The molecule has 0 radical (unpaired) electrons. The topological polar surface area (TPSA) is 76.7 Å². The predicted molar refractivity (Wildman–Crippen MR) is 80.7 cm³/mol. The first-order chi connectivity index (χ1) is 10.1. The molecule has 1 aromatic carbocycles. The maximum atomic E-state index is 11.9. The number of carbonyl (C=O) groups is 2. The average molecular weight is 294 g/mol. The summed E-state index contributed by atoms with van der Waals surface area (Å²) in [6, 6.07) is 5.06. The number of nitrogens with one attached hydrogen (secondary N) is 2. The van der Waals surface area contributed by atoms with E-state index >= 15 is 0 Å². The molecule has 0 aliphatic rings. The van der Waals surface area contributed by atoms with Crippen LogP contribution in [0, 0.1) is 0 Å². The molecule has 0 saturated carbocycles. The molecular formula is C15H22N2O4. The second-order valence-corrected chi connectivity index (χ2v) is 4.49. The summed E-state index contributed by atoms with van der Waals surface area (Å²) in [6.45, 7) is 2.62. The molecule has 0 heterocycles. The number of methoxy groups -OCH3 is 2. The molecule has 21 heavy (non-hydrogen) atoms. The highest BCUT2D eigenvalue weighted by atomic mass is 16.5. The monoisotopic (exact) mass is 294 g/mol. The Hall–Kier alpha value is -2.24. The first kappa shape index (κ1) is 16.8. The lowest BCUT2D eigenvalue weighted by molar-refractivity contribution is -0.126. The molecular weight excluding hydrogens is 272 g/mol. The SMILES string of the molecule is CCCCNC(=O)CC(=O)Nc1cc(OC)ccc1OC. The van der Waals surface area contributed by atoms with Crippen LogP contribution < -0.4 is 20.1 Å². The molecule has 116 valence electrons. The van der Waals surface area contributed by atoms with Crippen molar-refractivity contribution in [1.82, 2.24) is 5.32 Å². The maximum absolute atomic E-state index is 11.9. The molecule has 6 heteroatoms. The Bertz CT molecular complexity index is 489. The number of benzene rings is 1. The van der Waals surface area contributed by atoms with E-state index in [9.17, 15) is 9.59 Å². The largest absolute Gasteiger partial charge is 0.497 e. The minimum absolute atomic E-state index is 0.218. The van der Waals surface area contributed by atoms with Gasteiger partial charge in [-0.15, -0.1) is 0 Å². The fourth-order valence-corrected chi connectivity index (χ4v) is 1.72. The summed E-state index contributed by atoms with van der Waals surface area (Å²) in [6.07, 6.45) is 1.68. The lowest BCUT2D eigenvalue weighted by Crippen LogP contribution is -2.28. The van der Waals surface area contributed by atoms with E-state index in [0.29, 0.717) is 23.7 Å². The Balaban J connectivity index is 2.59. The summed E-state index contributed by atoms with van der Waals surface area (Å²) in [5.74, 6) is 0.424. The molecule has 0 fully saturated rings. The maximum Gasteiger partial charge on any atom is 0.233 e. The molecule has 0 aliphatic carbocycles. The van der Waals surface area contributed by atoms with Crippen molar-refractivity contribution in [2.75, 3.05) is 26.1 Å². The number of carbonyl (C=O) groups excluding carboxylic acids is 2. The van der Waals surface area contributed by atoms with Crippen molar-refractivity contribution in [2.24, 2.45) is 0 Å². The van der Waals surface area contributed by atoms with Gasteiger partial charge in [0.2, 0.25) is 11.8 Å². The third kappa shape index (κ3) is 5.72. The minimum Gasteiger partial charge on any atom is -0.497 e. The molecule has 2 N–H and O–H groups in total. The van der Waals surface area contributed by atoms with E-state index in [4.69, 9.17) is 9.47 Å². The second-order valence-electron chi connectivity index (χ2n) is 4.49. The van der Waals surface area contributed by atoms with Gasteiger partial charge in [0.25, 0.3) is 0 Å². The Morgan fingerprint density at radius 3 is 2.52 bits per heavy atom. The number of hydrogen-bond acceptors (Lipinski definition) is 4. The number of amides is 2. The van der Waals surface area contributed by atoms with Crippen LogP contribution in [0.25, 0.3) is 0 Å². The zero-order valence-corrected chi connectivity index (χ0v) is 12.7. The van der Waals surface area contributed by atoms with Crippen LogP contribution in [0.2, 0.25) is 0 Å². The van der Waals surface area contributed by atoms with E-state index in [1.807, 2.05) is 6.92 Å². The van der Waals surface area contributed by atoms with Gasteiger partial charge in [0.15, 0.2) is 0 Å². The number of anilines is 1. The van der Waals surface area contributed by atoms with Gasteiger partial charge in [0.1, 0.15) is 17.9 Å². The summed E-state index contributed by atoms with van der Waals surface area (Å²) >= 11 is 0. The van der Waals surface area contributed by atoms with Crippen molar-refractivity contribution >= 4 is 17.5 Å². The van der Waals surface area contributed by atoms with Crippen molar-refractivity contribution in [3.63, 3.8) is 0 Å². The predicted octanol–water partition coefficient (Wildman–Crippen LogP) is 1.95. The number of rotatable bonds is 8. The van der Waals surface area contributed by atoms with Gasteiger partial charge in [-0.2, -0.15) is 0 Å². The molecule has 6 nitrogen and oxygen atoms in total. The molecule has 0 atom stereocenters. The van der Waals surface area contributed by atoms with Crippen LogP contribution in [0.5, 0.6) is 11.5 Å². The first-order valence-corrected chi connectivity index (χ1v) is 6.89. The smallest absolute Gasteiger partial charge is 0.233 e. The van der Waals surface area contributed by atoms with E-state index in [0.717, 1.165) is 12.8 Å². The standard InChI is InChI=1S/C15H22N2O4/c1-4-5-8-16-14(18)10-15(19)17-12-9-11(20-2)6-7-13(12)21-3/h6-7,9H,4-5,8,10H2,1-3H3,(H,16,18)(H,17,19). The summed E-state index contributed by atoms with van der Waals surface area (Å²) in [7, 11) is 3.05. The van der Waals surface area contributed by atoms with Gasteiger partial charge in [-0.05, 0) is 18.6 Å². The molecule has 0 saturated heterocycles. The molecule has 1 rings (SSSR count). The highest BCUT2D eigenvalue weighted by molar-refractivity contribution is 6.04. The highest BCUT2D eigenvalue weighted by Gasteiger charge is 2.12. The lowest BCUT2D eigenvalue weighted by Gasteiger charge is -2.11. The summed E-state index contributed by atoms with van der Waals surface area (Å²) in [4.78, 5) is 23.4. The van der Waals surface area contributed by atoms with Crippen molar-refractivity contribution in [2.45, 2.75) is 26.2 Å². The summed E-state index contributed by atoms with van der Waals surface area (Å²) < 4.78 is 10.3. The van der Waals surface area contributed by atoms with Crippen LogP contribution in [0.1, 0.15) is 26.2 Å². The van der Waals surface area contributed by atoms with Crippen molar-refractivity contribution in [3.8, 4) is 11.5 Å². The van der Waals surface area contributed by atoms with E-state index < -0.39 is 5.91 Å². The van der Waals surface area contributed by atoms with Crippen molar-refractivity contribution in [3.05, 3.63) is 18.2 Å². The quantitative estimate of drug-likeness (QED) is 0.567. The van der Waals surface area contributed by atoms with Crippen LogP contribution in [-0.2, 0) is 9.59 Å². The van der Waals surface area contributed by atoms with E-state index in [1.54, 1.807) is 18.2 Å². The van der Waals surface area contributed by atoms with Crippen LogP contribution >= 0.6 is 0 Å². The molecule has 0 aromatic heterocycles. The van der Waals surface area contributed by atoms with Gasteiger partial charge in [-0.25, -0.2) is 0 Å². The lowest BCUT2D eigenvalue weighted by atomic mass is 10.2. The first-order valence-electron chi connectivity index (χ1n) is 6.89. The number of unbranched alkanes of at least 4 members (excludes halogenated alkanes) is 1. The Morgan fingerprint density at radius 1 is 1.14 bits per heavy atom. The van der Waals surface area contributed by atoms with Gasteiger partial charge < -0.3 is 20.1 Å². The van der Waals surface area contributed by atoms with Gasteiger partial charge in [0, 0.05) is 12.6 Å². The van der Waals surface area contributed by atoms with Crippen molar-refractivity contribution < 1.29 is 19.1 Å². The van der Waals surface area contributed by atoms with Crippen LogP contribution in [0.3, 0.4) is 0 Å². The molecule has 0 bridgehead atoms. The third-order valence-electron chi connectivity index (χ3n) is 2.85. The Labute approximate surface area is 124 Å². The molecule has 0 unspecified atom stereocenters. The van der Waals surface area contributed by atoms with Crippen molar-refractivity contribution in [1.29, 1.82) is 0 Å². The number of hydrogen-bond donors (Lipinski definition) is 2. The summed E-state index contributed by atoms with van der Waals surface area (Å²) in [5.41, 5.74) is 0.475. The second kappa shape index (κ2) is 8.84. The fourth-order valence-electron chi connectivity index (χ4n) is 1.72. The van der Waals surface area contributed by atoms with Crippen LogP contribution in [0.15, 0.2) is 18.2 Å². The van der Waals surface area contributed by atoms with Crippen LogP contribution in [-0.4, -0.2) is 32.6 Å². The van der Waals surface area contributed by atoms with Gasteiger partial charge in [-0.3, -0.25) is 9.59 Å². The van der Waals surface area contributed by atoms with E-state index in [-0.39, 0.29) is 12.3 Å². The zero-order chi connectivity index (χ0) is 15.7. The molecule has 1 aromatic rings. The fraction of sp³-hybridized carbons (Fsp3) is 0.467. The van der Waals surface area contributed by atoms with E-state index in [1.165, 1.54) is 14.2 Å². The Kier molecular flexibility index (Phi) is 7.08. The van der Waals surface area contributed by atoms with E-state index in [2.05, 4.69) is 10.6 Å². The van der Waals surface area contributed by atoms with Gasteiger partial charge >= 0.3 is 0 Å². The van der Waals surface area contributed by atoms with Crippen LogP contribution in [0.4, 0.5) is 5.69 Å². The molecule has 0 spiro atoms. The summed E-state index contributed by atoms with van der Waals surface area (Å²) in [5, 5.41) is 5.35. The average Bonchev–Trinajstić information content (AvgIpc) is 2.47. The van der Waals surface area contributed by atoms with Gasteiger partial charge in [-0.1, -0.05) is 13.3 Å². The molecule has 2 amide bonds. The normalized spacial score (nSPS) is 9.86. The van der Waals surface area contributed by atoms with Gasteiger partial charge in [0.05, 0.1) is 19.9 Å².